The van der Waals surface area contributed by atoms with Crippen molar-refractivity contribution in [2.45, 2.75) is 0 Å². The molecule has 0 amide bonds. The average Bonchev–Trinajstić information content (AvgIpc) is 3.32. The topological polar surface area (TPSA) is 65.7 Å². The van der Waals surface area contributed by atoms with Crippen LogP contribution in [0.1, 0.15) is 0 Å². The SMILES string of the molecule is COc1cc(-n2ccnc2)c2nc3c4ccccc4c4ccccc4c3nc2n1. The lowest BCUT2D eigenvalue weighted by atomic mass is 9.99. The van der Waals surface area contributed by atoms with Crippen molar-refractivity contribution in [3.8, 4) is 11.6 Å². The fourth-order valence-corrected chi connectivity index (χ4v) is 3.93. The van der Waals surface area contributed by atoms with E-state index in [1.54, 1.807) is 19.6 Å². The maximum absolute atomic E-state index is 5.42. The van der Waals surface area contributed by atoms with E-state index in [-0.39, 0.29) is 0 Å². The first kappa shape index (κ1) is 15.9. The standard InChI is InChI=1S/C23H15N5O/c1-29-19-12-18(28-11-10-24-13-28)22-23(25-19)27-21-17-9-5-3-7-15(17)14-6-2-4-8-16(14)20(21)26-22/h2-13H,1H3. The summed E-state index contributed by atoms with van der Waals surface area (Å²) in [6.07, 6.45) is 5.34. The number of aromatic nitrogens is 5. The molecule has 0 spiro atoms. The van der Waals surface area contributed by atoms with Crippen molar-refractivity contribution in [3.05, 3.63) is 73.3 Å². The molecule has 0 atom stereocenters. The highest BCUT2D eigenvalue weighted by Gasteiger charge is 2.16. The minimum atomic E-state index is 0.486. The molecule has 0 unspecified atom stereocenters. The lowest BCUT2D eigenvalue weighted by Crippen LogP contribution is -2.01. The molecule has 6 heteroatoms. The van der Waals surface area contributed by atoms with Crippen molar-refractivity contribution in [2.24, 2.45) is 0 Å². The third kappa shape index (κ3) is 2.29. The fraction of sp³-hybridized carbons (Fsp3) is 0.0435. The number of pyridine rings is 1. The summed E-state index contributed by atoms with van der Waals surface area (Å²) in [5.74, 6) is 0.486. The smallest absolute Gasteiger partial charge is 0.217 e. The molecule has 0 aliphatic carbocycles. The van der Waals surface area contributed by atoms with Crippen LogP contribution in [0.5, 0.6) is 5.88 Å². The Morgan fingerprint density at radius 1 is 0.759 bits per heavy atom. The molecule has 0 bridgehead atoms. The summed E-state index contributed by atoms with van der Waals surface area (Å²) in [6, 6.07) is 18.5. The summed E-state index contributed by atoms with van der Waals surface area (Å²) in [4.78, 5) is 18.7. The van der Waals surface area contributed by atoms with E-state index < -0.39 is 0 Å². The van der Waals surface area contributed by atoms with E-state index >= 15 is 0 Å². The van der Waals surface area contributed by atoms with Crippen molar-refractivity contribution < 1.29 is 4.74 Å². The molecule has 29 heavy (non-hydrogen) atoms. The van der Waals surface area contributed by atoms with Gasteiger partial charge >= 0.3 is 0 Å². The van der Waals surface area contributed by atoms with Crippen LogP contribution in [0, 0.1) is 0 Å². The van der Waals surface area contributed by atoms with Crippen LogP contribution in [0.3, 0.4) is 0 Å². The van der Waals surface area contributed by atoms with Crippen LogP contribution in [-0.2, 0) is 0 Å². The second-order valence-electron chi connectivity index (χ2n) is 6.84. The molecule has 0 N–H and O–H groups in total. The number of methoxy groups -OCH3 is 1. The molecule has 3 heterocycles. The number of hydrogen-bond donors (Lipinski definition) is 0. The Hall–Kier alpha value is -4.06. The van der Waals surface area contributed by atoms with Crippen molar-refractivity contribution in [2.75, 3.05) is 7.11 Å². The van der Waals surface area contributed by atoms with Crippen molar-refractivity contribution in [1.29, 1.82) is 0 Å². The van der Waals surface area contributed by atoms with Crippen LogP contribution in [-0.4, -0.2) is 31.6 Å². The maximum Gasteiger partial charge on any atom is 0.217 e. The molecule has 3 aromatic carbocycles. The zero-order chi connectivity index (χ0) is 19.4. The van der Waals surface area contributed by atoms with Gasteiger partial charge in [0.05, 0.1) is 30.2 Å². The monoisotopic (exact) mass is 377 g/mol. The highest BCUT2D eigenvalue weighted by atomic mass is 16.5. The molecule has 3 aromatic heterocycles. The Labute approximate surface area is 165 Å². The normalized spacial score (nSPS) is 11.6. The molecular weight excluding hydrogens is 362 g/mol. The molecule has 0 fully saturated rings. The molecule has 0 radical (unpaired) electrons. The lowest BCUT2D eigenvalue weighted by molar-refractivity contribution is 0.399. The van der Waals surface area contributed by atoms with Gasteiger partial charge in [0.25, 0.3) is 0 Å². The quantitative estimate of drug-likeness (QED) is 0.324. The van der Waals surface area contributed by atoms with Gasteiger partial charge in [0.2, 0.25) is 5.88 Å². The first-order valence-corrected chi connectivity index (χ1v) is 9.28. The molecule has 0 aliphatic rings. The van der Waals surface area contributed by atoms with Gasteiger partial charge in [-0.05, 0) is 10.8 Å². The van der Waals surface area contributed by atoms with Crippen molar-refractivity contribution in [3.63, 3.8) is 0 Å². The van der Waals surface area contributed by atoms with E-state index in [9.17, 15) is 0 Å². The van der Waals surface area contributed by atoms with Gasteiger partial charge in [0, 0.05) is 29.2 Å². The van der Waals surface area contributed by atoms with Crippen molar-refractivity contribution in [1.82, 2.24) is 24.5 Å². The van der Waals surface area contributed by atoms with Gasteiger partial charge in [-0.25, -0.2) is 15.0 Å². The Kier molecular flexibility index (Phi) is 3.28. The summed E-state index contributed by atoms with van der Waals surface area (Å²) < 4.78 is 7.32. The lowest BCUT2D eigenvalue weighted by Gasteiger charge is -2.12. The Morgan fingerprint density at radius 2 is 1.41 bits per heavy atom. The van der Waals surface area contributed by atoms with E-state index in [0.717, 1.165) is 38.3 Å². The highest BCUT2D eigenvalue weighted by Crippen LogP contribution is 2.35. The average molecular weight is 377 g/mol. The number of imidazole rings is 1. The molecule has 138 valence electrons. The Balaban J connectivity index is 1.86. The minimum Gasteiger partial charge on any atom is -0.481 e. The van der Waals surface area contributed by atoms with Gasteiger partial charge in [0.15, 0.2) is 5.65 Å². The van der Waals surface area contributed by atoms with E-state index in [0.29, 0.717) is 17.0 Å². The minimum absolute atomic E-state index is 0.486. The largest absolute Gasteiger partial charge is 0.481 e. The molecule has 6 aromatic rings. The molecule has 0 aliphatic heterocycles. The predicted octanol–water partition coefficient (Wildman–Crippen LogP) is 4.68. The van der Waals surface area contributed by atoms with E-state index in [1.807, 2.05) is 35.0 Å². The first-order chi connectivity index (χ1) is 14.3. The summed E-state index contributed by atoms with van der Waals surface area (Å²) in [5.41, 5.74) is 3.78. The van der Waals surface area contributed by atoms with Gasteiger partial charge in [-0.1, -0.05) is 48.5 Å². The fourth-order valence-electron chi connectivity index (χ4n) is 3.93. The number of hydrogen-bond acceptors (Lipinski definition) is 5. The zero-order valence-electron chi connectivity index (χ0n) is 15.6. The van der Waals surface area contributed by atoms with Crippen LogP contribution in [0.25, 0.3) is 49.4 Å². The van der Waals surface area contributed by atoms with E-state index in [1.165, 1.54) is 0 Å². The van der Waals surface area contributed by atoms with Crippen LogP contribution >= 0.6 is 0 Å². The maximum atomic E-state index is 5.42. The van der Waals surface area contributed by atoms with Gasteiger partial charge in [-0.2, -0.15) is 4.98 Å². The number of fused-ring (bicyclic) bond motifs is 7. The zero-order valence-corrected chi connectivity index (χ0v) is 15.6. The summed E-state index contributed by atoms with van der Waals surface area (Å²) in [7, 11) is 1.60. The predicted molar refractivity (Wildman–Crippen MR) is 114 cm³/mol. The molecule has 0 saturated carbocycles. The van der Waals surface area contributed by atoms with Gasteiger partial charge < -0.3 is 9.30 Å². The summed E-state index contributed by atoms with van der Waals surface area (Å²) >= 11 is 0. The Bertz CT molecular complexity index is 1540. The third-order valence-electron chi connectivity index (χ3n) is 5.24. The number of nitrogens with zero attached hydrogens (tertiary/aromatic N) is 5. The third-order valence-corrected chi connectivity index (χ3v) is 5.24. The summed E-state index contributed by atoms with van der Waals surface area (Å²) in [5, 5.41) is 4.45. The van der Waals surface area contributed by atoms with Gasteiger partial charge in [-0.15, -0.1) is 0 Å². The number of ether oxygens (including phenoxy) is 1. The summed E-state index contributed by atoms with van der Waals surface area (Å²) in [6.45, 7) is 0. The first-order valence-electron chi connectivity index (χ1n) is 9.28. The van der Waals surface area contributed by atoms with Gasteiger partial charge in [0.1, 0.15) is 5.52 Å². The molecular formula is C23H15N5O. The Morgan fingerprint density at radius 3 is 2.03 bits per heavy atom. The highest BCUT2D eigenvalue weighted by molar-refractivity contribution is 6.23. The van der Waals surface area contributed by atoms with Crippen LogP contribution < -0.4 is 4.74 Å². The molecule has 6 nitrogen and oxygen atoms in total. The van der Waals surface area contributed by atoms with E-state index in [4.69, 9.17) is 14.7 Å². The van der Waals surface area contributed by atoms with Crippen LogP contribution in [0.2, 0.25) is 0 Å². The molecule has 0 saturated heterocycles. The van der Waals surface area contributed by atoms with Crippen LogP contribution in [0.15, 0.2) is 73.3 Å². The second-order valence-corrected chi connectivity index (χ2v) is 6.84. The van der Waals surface area contributed by atoms with E-state index in [2.05, 4.69) is 40.3 Å². The molecule has 6 rings (SSSR count). The number of benzene rings is 3. The van der Waals surface area contributed by atoms with Crippen LogP contribution in [0.4, 0.5) is 0 Å². The van der Waals surface area contributed by atoms with Crippen molar-refractivity contribution >= 4 is 43.7 Å². The second kappa shape index (κ2) is 5.97. The van der Waals surface area contributed by atoms with Gasteiger partial charge in [-0.3, -0.25) is 0 Å². The number of rotatable bonds is 2.